The average molecular weight is 1450 g/mol. The Morgan fingerprint density at radius 3 is 1.00 bits per heavy atom. The van der Waals surface area contributed by atoms with E-state index in [1.54, 1.807) is 0 Å². The molecule has 0 saturated heterocycles. The van der Waals surface area contributed by atoms with Gasteiger partial charge in [0.15, 0.2) is 0 Å². The van der Waals surface area contributed by atoms with E-state index in [-0.39, 0.29) is 49.9 Å². The fourth-order valence-electron chi connectivity index (χ4n) is 10.0. The van der Waals surface area contributed by atoms with Gasteiger partial charge in [0.2, 0.25) is 0 Å². The first-order valence-corrected chi connectivity index (χ1v) is 33.0. The van der Waals surface area contributed by atoms with Crippen molar-refractivity contribution in [3.05, 3.63) is 113 Å². The molecule has 2 unspecified atom stereocenters. The van der Waals surface area contributed by atoms with Gasteiger partial charge in [-0.2, -0.15) is 0 Å². The van der Waals surface area contributed by atoms with Crippen molar-refractivity contribution in [1.82, 2.24) is 29.4 Å². The molecule has 0 radical (unpaired) electrons. The first-order chi connectivity index (χ1) is 48.1. The van der Waals surface area contributed by atoms with Gasteiger partial charge >= 0.3 is 0 Å². The molecule has 0 aliphatic carbocycles. The van der Waals surface area contributed by atoms with Gasteiger partial charge in [-0.1, -0.05) is 75.2 Å². The summed E-state index contributed by atoms with van der Waals surface area (Å²) in [5.41, 5.74) is 4.04. The predicted octanol–water partition coefficient (Wildman–Crippen LogP) is -12.8. The molecule has 0 fully saturated rings. The highest BCUT2D eigenvalue weighted by Gasteiger charge is 2.27. The van der Waals surface area contributed by atoms with Gasteiger partial charge in [-0.15, -0.1) is 0 Å². The van der Waals surface area contributed by atoms with E-state index in [9.17, 15) is 122 Å². The molecule has 562 valence electrons. The van der Waals surface area contributed by atoms with Gasteiger partial charge in [-0.3, -0.25) is 29.4 Å². The molecule has 0 aliphatic rings. The van der Waals surface area contributed by atoms with Crippen LogP contribution >= 0.6 is 0 Å². The highest BCUT2D eigenvalue weighted by molar-refractivity contribution is 7.85. The van der Waals surface area contributed by atoms with E-state index < -0.39 is 203 Å². The van der Waals surface area contributed by atoms with Crippen LogP contribution in [0.3, 0.4) is 0 Å². The Bertz CT molecular complexity index is 3480. The number of carbonyl (C=O) groups excluding carboxylic acids is 11. The minimum absolute atomic E-state index is 0.0146. The van der Waals surface area contributed by atoms with Crippen molar-refractivity contribution in [2.45, 2.75) is 89.0 Å². The number of unbranched alkanes of at least 4 members (excludes halogenated alkanes) is 2. The highest BCUT2D eigenvalue weighted by Crippen LogP contribution is 2.30. The second-order valence-corrected chi connectivity index (χ2v) is 24.5. The number of carboxylic acid groups (broad SMARTS) is 11. The van der Waals surface area contributed by atoms with Crippen molar-refractivity contribution in [3.8, 4) is 23.0 Å². The van der Waals surface area contributed by atoms with Crippen molar-refractivity contribution in [2.24, 2.45) is 0 Å². The number of hydrogen-bond acceptors (Lipinski definition) is 35. The van der Waals surface area contributed by atoms with Crippen LogP contribution in [-0.4, -0.2) is 238 Å². The monoisotopic (exact) mass is 1450 g/mol. The summed E-state index contributed by atoms with van der Waals surface area (Å²) in [6.07, 6.45) is 5.43. The highest BCUT2D eigenvalue weighted by atomic mass is 32.2. The van der Waals surface area contributed by atoms with Gasteiger partial charge in [-0.05, 0) is 78.3 Å². The zero-order valence-corrected chi connectivity index (χ0v) is 56.6. The molecular weight excluding hydrogens is 1370 g/mol. The molecule has 2 atom stereocenters. The lowest BCUT2D eigenvalue weighted by Crippen LogP contribution is -2.56. The molecule has 4 aromatic rings. The van der Waals surface area contributed by atoms with E-state index >= 15 is 0 Å². The zero-order chi connectivity index (χ0) is 76.1. The topological polar surface area (TPSA) is 555 Å². The zero-order valence-electron chi connectivity index (χ0n) is 55.8. The first-order valence-electron chi connectivity index (χ1n) is 31.6. The summed E-state index contributed by atoms with van der Waals surface area (Å²) in [5.74, 6) is -18.5. The van der Waals surface area contributed by atoms with E-state index in [2.05, 4.69) is 13.8 Å². The molecule has 4 rings (SSSR count). The van der Waals surface area contributed by atoms with Gasteiger partial charge in [0, 0.05) is 129 Å². The Hall–Kier alpha value is -10.1. The fourth-order valence-corrected chi connectivity index (χ4v) is 10.7. The second-order valence-electron chi connectivity index (χ2n) is 23.1. The standard InChI is InChI=1S/C34H45N3O14.C32H43N3O15S/c1-2-3-4-23-5-7-24(8-6-23)21-50-27-9-10-28(25(13-27)14-29(38)39)51-22-26(37(19-33(46)47)20-34(48)49)15-35(16-30(40)41)11-12-36(17-31(42)43)18-32(44)45;1-2-3-4-22-5-7-23(8-6-22)20-49-25-9-10-26(27(13-25)51(46,47)48)50-21-24(35(18-31(42)43)19-32(44)45)14-33(15-28(36)37)11-12-34(16-29(38)39)17-30(40)41/h5-10,13,26H,2-4,11-12,14-22H2,1H3,(H,38,39)(H,40,41)(H,42,43)(H,44,45)(H,46,47)(H,48,49);5-10,13,24H,2-4,11-12,14-21H2,1H3,(H,36,37)(H,38,39)(H,40,41)(H,42,43)(H,44,45)(H,46,47,48)/p-12. The Balaban J connectivity index is 0.000000530. The van der Waals surface area contributed by atoms with Crippen molar-refractivity contribution < 1.29 is 141 Å². The number of aryl methyl sites for hydroxylation is 2. The quantitative estimate of drug-likeness (QED) is 0.0370. The van der Waals surface area contributed by atoms with Crippen molar-refractivity contribution in [1.29, 1.82) is 0 Å². The Labute approximate surface area is 586 Å². The maximum absolute atomic E-state index is 12.2. The first kappa shape index (κ1) is 86.1. The van der Waals surface area contributed by atoms with E-state index in [1.807, 2.05) is 48.5 Å². The van der Waals surface area contributed by atoms with Crippen LogP contribution in [0.4, 0.5) is 0 Å². The maximum Gasteiger partial charge on any atom is 0.137 e. The van der Waals surface area contributed by atoms with E-state index in [4.69, 9.17) is 18.9 Å². The number of hydrogen-bond donors (Lipinski definition) is 0. The molecule has 35 nitrogen and oxygen atoms in total. The third-order valence-electron chi connectivity index (χ3n) is 14.8. The van der Waals surface area contributed by atoms with E-state index in [0.717, 1.165) is 96.7 Å². The molecule has 0 amide bonds. The van der Waals surface area contributed by atoms with Crippen molar-refractivity contribution in [2.75, 3.05) is 118 Å². The molecule has 102 heavy (non-hydrogen) atoms. The van der Waals surface area contributed by atoms with Gasteiger partial charge in [-0.25, -0.2) is 8.42 Å². The number of ether oxygens (including phenoxy) is 4. The van der Waals surface area contributed by atoms with Gasteiger partial charge in [0.1, 0.15) is 59.5 Å². The molecule has 0 heterocycles. The Morgan fingerprint density at radius 1 is 0.373 bits per heavy atom. The Morgan fingerprint density at radius 2 is 0.676 bits per heavy atom. The van der Waals surface area contributed by atoms with Crippen LogP contribution in [0.25, 0.3) is 0 Å². The van der Waals surface area contributed by atoms with Crippen molar-refractivity contribution >= 4 is 75.8 Å². The number of aliphatic carboxylic acids is 11. The van der Waals surface area contributed by atoms with Gasteiger partial charge in [0.05, 0.1) is 76.7 Å². The maximum atomic E-state index is 12.2. The third kappa shape index (κ3) is 36.3. The molecular formula is C66H76N6O29S-12. The minimum atomic E-state index is -5.22. The third-order valence-corrected chi connectivity index (χ3v) is 15.6. The van der Waals surface area contributed by atoms with E-state index in [0.29, 0.717) is 5.75 Å². The molecule has 36 heteroatoms. The lowest BCUT2D eigenvalue weighted by atomic mass is 10.1. The minimum Gasteiger partial charge on any atom is -0.744 e. The Kier molecular flexibility index (Phi) is 37.9. The number of rotatable bonds is 53. The average Bonchev–Trinajstić information content (AvgIpc) is 0.818. The molecule has 0 aliphatic heterocycles. The van der Waals surface area contributed by atoms with Crippen LogP contribution < -0.4 is 75.1 Å². The molecule has 0 aromatic heterocycles. The van der Waals surface area contributed by atoms with Crippen LogP contribution in [0.1, 0.15) is 67.3 Å². The molecule has 0 bridgehead atoms. The number of carbonyl (C=O) groups is 11. The van der Waals surface area contributed by atoms with Crippen LogP contribution in [0, 0.1) is 0 Å². The smallest absolute Gasteiger partial charge is 0.137 e. The van der Waals surface area contributed by atoms with Crippen LogP contribution in [0.15, 0.2) is 89.8 Å². The van der Waals surface area contributed by atoms with Crippen LogP contribution in [0.2, 0.25) is 0 Å². The molecule has 4 aromatic carbocycles. The van der Waals surface area contributed by atoms with Crippen LogP contribution in [-0.2, 0) is 95.3 Å². The summed E-state index contributed by atoms with van der Waals surface area (Å²) in [7, 11) is -5.22. The van der Waals surface area contributed by atoms with Gasteiger partial charge < -0.3 is 132 Å². The number of carboxylic acids is 11. The second kappa shape index (κ2) is 44.9. The van der Waals surface area contributed by atoms with Crippen molar-refractivity contribution in [3.63, 3.8) is 0 Å². The summed E-state index contributed by atoms with van der Waals surface area (Å²) in [6.45, 7) is -8.52. The number of nitrogens with zero attached hydrogens (tertiary/aromatic N) is 6. The van der Waals surface area contributed by atoms with Crippen LogP contribution in [0.5, 0.6) is 23.0 Å². The number of benzene rings is 4. The predicted molar refractivity (Wildman–Crippen MR) is 326 cm³/mol. The summed E-state index contributed by atoms with van der Waals surface area (Å²) >= 11 is 0. The SMILES string of the molecule is CCCCc1ccc(COc2ccc(OCC(CN(CCN(CC(=O)[O-])CC(=O)[O-])CC(=O)[O-])N(CC(=O)[O-])CC(=O)[O-])c(CC(=O)[O-])c2)cc1.CCCCc1ccc(COc2ccc(OCC(CN(CCN(CC(=O)[O-])CC(=O)[O-])CC(=O)[O-])N(CC(=O)[O-])CC(=O)[O-])c(S(=O)(=O)[O-])c2)cc1. The summed E-state index contributed by atoms with van der Waals surface area (Å²) in [4.78, 5) is 130. The lowest BCUT2D eigenvalue weighted by molar-refractivity contribution is -0.314. The summed E-state index contributed by atoms with van der Waals surface area (Å²) in [5, 5.41) is 125. The summed E-state index contributed by atoms with van der Waals surface area (Å²) in [6, 6.07) is 20.3. The lowest BCUT2D eigenvalue weighted by Gasteiger charge is -2.37. The fraction of sp³-hybridized carbons (Fsp3) is 0.470. The normalized spacial score (nSPS) is 12.0. The summed E-state index contributed by atoms with van der Waals surface area (Å²) < 4.78 is 59.6. The van der Waals surface area contributed by atoms with E-state index in [1.165, 1.54) is 29.8 Å². The van der Waals surface area contributed by atoms with Gasteiger partial charge in [0.25, 0.3) is 0 Å². The molecule has 0 saturated carbocycles. The largest absolute Gasteiger partial charge is 0.744 e. The molecule has 0 spiro atoms. The molecule has 0 N–H and O–H groups in total.